The van der Waals surface area contributed by atoms with Crippen LogP contribution >= 0.6 is 0 Å². The zero-order valence-electron chi connectivity index (χ0n) is 8.43. The molecular weight excluding hydrogens is 268 g/mol. The summed E-state index contributed by atoms with van der Waals surface area (Å²) in [6.45, 7) is 0. The number of hydrogen-bond donors (Lipinski definition) is 1. The van der Waals surface area contributed by atoms with Gasteiger partial charge in [0.25, 0.3) is 6.43 Å². The average molecular weight is 273 g/mol. The molecule has 0 saturated heterocycles. The second-order valence-corrected chi connectivity index (χ2v) is 3.25. The molecule has 0 aliphatic heterocycles. The Labute approximate surface area is 96.1 Å². The van der Waals surface area contributed by atoms with Crippen molar-refractivity contribution in [2.24, 2.45) is 0 Å². The number of halogens is 6. The summed E-state index contributed by atoms with van der Waals surface area (Å²) in [5, 5.41) is 8.35. The fourth-order valence-electron chi connectivity index (χ4n) is 1.23. The number of carboxylic acid groups (broad SMARTS) is 1. The number of carbonyl (C=O) groups is 1. The van der Waals surface area contributed by atoms with Gasteiger partial charge in [-0.3, -0.25) is 4.79 Å². The molecule has 0 aromatic carbocycles. The molecule has 1 aromatic heterocycles. The summed E-state index contributed by atoms with van der Waals surface area (Å²) in [6.07, 6.45) is -9.81. The summed E-state index contributed by atoms with van der Waals surface area (Å²) in [5.41, 5.74) is -4.42. The van der Waals surface area contributed by atoms with Gasteiger partial charge in [0.1, 0.15) is 0 Å². The molecule has 0 amide bonds. The van der Waals surface area contributed by atoms with Crippen LogP contribution < -0.4 is 0 Å². The van der Waals surface area contributed by atoms with Crippen molar-refractivity contribution in [3.8, 4) is 0 Å². The van der Waals surface area contributed by atoms with Crippen LogP contribution in [0, 0.1) is 5.95 Å². The highest BCUT2D eigenvalue weighted by molar-refractivity contribution is 5.70. The molecule has 0 atom stereocenters. The van der Waals surface area contributed by atoms with Gasteiger partial charge in [-0.25, -0.2) is 13.8 Å². The number of rotatable bonds is 3. The van der Waals surface area contributed by atoms with Crippen LogP contribution in [0.1, 0.15) is 23.2 Å². The minimum absolute atomic E-state index is 0.171. The van der Waals surface area contributed by atoms with E-state index in [1.54, 1.807) is 0 Å². The van der Waals surface area contributed by atoms with E-state index in [1.165, 1.54) is 0 Å². The van der Waals surface area contributed by atoms with Gasteiger partial charge in [0.05, 0.1) is 6.42 Å². The van der Waals surface area contributed by atoms with E-state index in [9.17, 15) is 31.1 Å². The van der Waals surface area contributed by atoms with Gasteiger partial charge in [-0.15, -0.1) is 0 Å². The number of hydrogen-bond acceptors (Lipinski definition) is 2. The smallest absolute Gasteiger partial charge is 0.433 e. The Morgan fingerprint density at radius 2 is 1.94 bits per heavy atom. The summed E-state index contributed by atoms with van der Waals surface area (Å²) < 4.78 is 74.8. The molecule has 0 spiro atoms. The lowest BCUT2D eigenvalue weighted by atomic mass is 10.1. The first-order chi connectivity index (χ1) is 8.12. The molecule has 0 aliphatic rings. The fourth-order valence-corrected chi connectivity index (χ4v) is 1.23. The molecule has 0 saturated carbocycles. The van der Waals surface area contributed by atoms with Gasteiger partial charge in [0.2, 0.25) is 5.95 Å². The number of alkyl halides is 5. The maximum Gasteiger partial charge on any atom is 0.433 e. The van der Waals surface area contributed by atoms with Crippen LogP contribution in [0.3, 0.4) is 0 Å². The second kappa shape index (κ2) is 4.83. The van der Waals surface area contributed by atoms with Crippen LogP contribution in [-0.2, 0) is 17.4 Å². The first-order valence-corrected chi connectivity index (χ1v) is 4.39. The van der Waals surface area contributed by atoms with Crippen molar-refractivity contribution in [1.29, 1.82) is 0 Å². The first-order valence-electron chi connectivity index (χ1n) is 4.39. The third-order valence-corrected chi connectivity index (χ3v) is 1.92. The van der Waals surface area contributed by atoms with Crippen molar-refractivity contribution in [2.45, 2.75) is 19.0 Å². The lowest BCUT2D eigenvalue weighted by Gasteiger charge is -2.12. The highest BCUT2D eigenvalue weighted by atomic mass is 19.4. The van der Waals surface area contributed by atoms with Crippen molar-refractivity contribution < 1.29 is 36.2 Å². The van der Waals surface area contributed by atoms with Gasteiger partial charge in [0, 0.05) is 11.1 Å². The van der Waals surface area contributed by atoms with Crippen LogP contribution in [0.5, 0.6) is 0 Å². The first kappa shape index (κ1) is 14.3. The van der Waals surface area contributed by atoms with Gasteiger partial charge in [-0.2, -0.15) is 17.6 Å². The quantitative estimate of drug-likeness (QED) is 0.680. The fraction of sp³-hybridized carbons (Fsp3) is 0.333. The van der Waals surface area contributed by atoms with Crippen LogP contribution in [0.4, 0.5) is 26.3 Å². The number of nitrogens with zero attached hydrogens (tertiary/aromatic N) is 1. The summed E-state index contributed by atoms with van der Waals surface area (Å²) in [5.74, 6) is -3.30. The summed E-state index contributed by atoms with van der Waals surface area (Å²) >= 11 is 0. The number of aromatic nitrogens is 1. The van der Waals surface area contributed by atoms with E-state index < -0.39 is 47.8 Å². The topological polar surface area (TPSA) is 50.2 Å². The molecule has 18 heavy (non-hydrogen) atoms. The molecule has 100 valence electrons. The molecule has 3 nitrogen and oxygen atoms in total. The van der Waals surface area contributed by atoms with E-state index in [0.717, 1.165) is 0 Å². The molecule has 0 unspecified atom stereocenters. The molecule has 0 fully saturated rings. The predicted octanol–water partition coefficient (Wildman–Crippen LogP) is 2.80. The van der Waals surface area contributed by atoms with Gasteiger partial charge in [-0.1, -0.05) is 0 Å². The highest BCUT2D eigenvalue weighted by Gasteiger charge is 2.39. The van der Waals surface area contributed by atoms with Gasteiger partial charge in [-0.05, 0) is 6.07 Å². The van der Waals surface area contributed by atoms with Crippen molar-refractivity contribution in [2.75, 3.05) is 0 Å². The molecule has 9 heteroatoms. The molecule has 1 heterocycles. The molecular formula is C9H5F6NO2. The van der Waals surface area contributed by atoms with Crippen molar-refractivity contribution in [3.63, 3.8) is 0 Å². The minimum Gasteiger partial charge on any atom is -0.481 e. The third kappa shape index (κ3) is 3.11. The molecule has 1 aromatic rings. The molecule has 1 N–H and O–H groups in total. The van der Waals surface area contributed by atoms with Gasteiger partial charge >= 0.3 is 12.1 Å². The lowest BCUT2D eigenvalue weighted by Crippen LogP contribution is -2.16. The Morgan fingerprint density at radius 1 is 1.39 bits per heavy atom. The lowest BCUT2D eigenvalue weighted by molar-refractivity contribution is -0.143. The summed E-state index contributed by atoms with van der Waals surface area (Å²) in [4.78, 5) is 12.7. The Hall–Kier alpha value is -1.80. The summed E-state index contributed by atoms with van der Waals surface area (Å²) in [7, 11) is 0. The molecule has 0 aliphatic carbocycles. The van der Waals surface area contributed by atoms with Crippen molar-refractivity contribution in [3.05, 3.63) is 28.8 Å². The van der Waals surface area contributed by atoms with Gasteiger partial charge < -0.3 is 5.11 Å². The SMILES string of the molecule is O=C(O)Cc1cc(C(F)F)c(C(F)(F)F)nc1F. The molecule has 1 rings (SSSR count). The Morgan fingerprint density at radius 3 is 2.33 bits per heavy atom. The van der Waals surface area contributed by atoms with Crippen LogP contribution in [0.15, 0.2) is 6.07 Å². The number of pyridine rings is 1. The zero-order chi connectivity index (χ0) is 14.1. The number of carboxylic acids is 1. The van der Waals surface area contributed by atoms with Crippen LogP contribution in [0.25, 0.3) is 0 Å². The van der Waals surface area contributed by atoms with E-state index >= 15 is 0 Å². The average Bonchev–Trinajstić information content (AvgIpc) is 2.17. The maximum absolute atomic E-state index is 13.1. The minimum atomic E-state index is -5.24. The zero-order valence-corrected chi connectivity index (χ0v) is 8.43. The van der Waals surface area contributed by atoms with E-state index in [2.05, 4.69) is 4.98 Å². The Kier molecular flexibility index (Phi) is 3.82. The summed E-state index contributed by atoms with van der Waals surface area (Å²) in [6, 6.07) is 0.171. The normalized spacial score (nSPS) is 11.9. The Bertz CT molecular complexity index is 471. The van der Waals surface area contributed by atoms with Crippen LogP contribution in [-0.4, -0.2) is 16.1 Å². The maximum atomic E-state index is 13.1. The van der Waals surface area contributed by atoms with Crippen LogP contribution in [0.2, 0.25) is 0 Å². The monoisotopic (exact) mass is 273 g/mol. The predicted molar refractivity (Wildman–Crippen MR) is 45.5 cm³/mol. The molecule has 0 bridgehead atoms. The van der Waals surface area contributed by atoms with Gasteiger partial charge in [0.15, 0.2) is 5.69 Å². The van der Waals surface area contributed by atoms with Crippen molar-refractivity contribution in [1.82, 2.24) is 4.98 Å². The van der Waals surface area contributed by atoms with E-state index in [-0.39, 0.29) is 6.07 Å². The second-order valence-electron chi connectivity index (χ2n) is 3.25. The Balaban J connectivity index is 3.39. The third-order valence-electron chi connectivity index (χ3n) is 1.92. The van der Waals surface area contributed by atoms with E-state index in [4.69, 9.17) is 5.11 Å². The highest BCUT2D eigenvalue weighted by Crippen LogP contribution is 2.35. The van der Waals surface area contributed by atoms with Crippen molar-refractivity contribution >= 4 is 5.97 Å². The standard InChI is InChI=1S/C9H5F6NO2/c10-7(11)4-1-3(2-5(17)18)8(12)16-6(4)9(13,14)15/h1,7H,2H2,(H,17,18). The largest absolute Gasteiger partial charge is 0.481 e. The molecule has 0 radical (unpaired) electrons. The van der Waals surface area contributed by atoms with E-state index in [0.29, 0.717) is 0 Å². The number of aliphatic carboxylic acids is 1. The van der Waals surface area contributed by atoms with E-state index in [1.807, 2.05) is 0 Å².